The minimum absolute atomic E-state index is 0.217. The van der Waals surface area contributed by atoms with Crippen molar-refractivity contribution >= 4 is 49.6 Å². The van der Waals surface area contributed by atoms with Gasteiger partial charge < -0.3 is 15.1 Å². The number of nitrogens with one attached hydrogen (secondary N) is 2. The van der Waals surface area contributed by atoms with Gasteiger partial charge in [0.2, 0.25) is 10.0 Å². The first-order valence-electron chi connectivity index (χ1n) is 9.02. The Kier molecular flexibility index (Phi) is 7.88. The Hall–Kier alpha value is -2.30. The van der Waals surface area contributed by atoms with Crippen molar-refractivity contribution in [1.29, 1.82) is 0 Å². The summed E-state index contributed by atoms with van der Waals surface area (Å²) in [6, 6.07) is 6.56. The van der Waals surface area contributed by atoms with Crippen molar-refractivity contribution in [3.05, 3.63) is 40.8 Å². The van der Waals surface area contributed by atoms with Gasteiger partial charge in [-0.3, -0.25) is 9.59 Å². The van der Waals surface area contributed by atoms with Crippen LogP contribution in [-0.4, -0.2) is 59.4 Å². The summed E-state index contributed by atoms with van der Waals surface area (Å²) in [5.41, 5.74) is 0.848. The first kappa shape index (κ1) is 23.0. The molecule has 0 spiro atoms. The number of nitrogens with zero attached hydrogens (tertiary/aromatic N) is 1. The molecule has 29 heavy (non-hydrogen) atoms. The smallest absolute Gasteiger partial charge is 0.303 e. The van der Waals surface area contributed by atoms with Crippen LogP contribution >= 0.6 is 11.8 Å². The van der Waals surface area contributed by atoms with Gasteiger partial charge in [-0.05, 0) is 36.9 Å². The van der Waals surface area contributed by atoms with Crippen LogP contribution in [0.5, 0.6) is 0 Å². The van der Waals surface area contributed by atoms with Crippen LogP contribution in [0.3, 0.4) is 0 Å². The normalized spacial score (nSPS) is 11.6. The maximum absolute atomic E-state index is 12.7. The molecule has 0 aliphatic rings. The Morgan fingerprint density at radius 3 is 2.55 bits per heavy atom. The van der Waals surface area contributed by atoms with Crippen molar-refractivity contribution in [2.75, 3.05) is 25.6 Å². The number of aliphatic carboxylic acids is 1. The van der Waals surface area contributed by atoms with Crippen LogP contribution < -0.4 is 5.56 Å². The number of sulfonamides is 1. The standard InChI is InChI=1S/C15H17N3O3S2.C4H8O2/c1-18(7-8-22-2)23(20,21)10-3-4-13-12(9-10)11-5-6-16-14(11)15(19)17-13;1-2-3-4(5)6/h3-6,9,16H,7-8H2,1-2H3,(H,17,19);2-3H2,1H3,(H,5,6). The van der Waals surface area contributed by atoms with E-state index in [1.165, 1.54) is 10.4 Å². The second-order valence-electron chi connectivity index (χ2n) is 6.39. The monoisotopic (exact) mass is 439 g/mol. The third-order valence-electron chi connectivity index (χ3n) is 4.29. The van der Waals surface area contributed by atoms with Gasteiger partial charge in [-0.1, -0.05) is 6.92 Å². The molecule has 0 saturated carbocycles. The van der Waals surface area contributed by atoms with Gasteiger partial charge in [0, 0.05) is 48.3 Å². The number of aromatic nitrogens is 2. The predicted octanol–water partition coefficient (Wildman–Crippen LogP) is 2.86. The molecule has 2 heterocycles. The molecule has 3 rings (SSSR count). The lowest BCUT2D eigenvalue weighted by molar-refractivity contribution is -0.137. The summed E-state index contributed by atoms with van der Waals surface area (Å²) >= 11 is 1.60. The third-order valence-corrected chi connectivity index (χ3v) is 6.73. The zero-order valence-electron chi connectivity index (χ0n) is 16.6. The number of hydrogen-bond acceptors (Lipinski definition) is 5. The minimum Gasteiger partial charge on any atom is -0.481 e. The average Bonchev–Trinajstić information content (AvgIpc) is 3.17. The lowest BCUT2D eigenvalue weighted by Gasteiger charge is -2.17. The number of benzene rings is 1. The molecule has 0 atom stereocenters. The molecule has 10 heteroatoms. The number of carboxylic acids is 1. The Bertz CT molecular complexity index is 1150. The van der Waals surface area contributed by atoms with E-state index in [1.54, 1.807) is 43.2 Å². The number of aromatic amines is 2. The summed E-state index contributed by atoms with van der Waals surface area (Å²) in [5, 5.41) is 9.34. The second kappa shape index (κ2) is 9.95. The van der Waals surface area contributed by atoms with Gasteiger partial charge in [0.25, 0.3) is 5.56 Å². The fourth-order valence-corrected chi connectivity index (χ4v) is 4.49. The van der Waals surface area contributed by atoms with Gasteiger partial charge in [0.1, 0.15) is 5.52 Å². The number of thioether (sulfide) groups is 1. The van der Waals surface area contributed by atoms with Gasteiger partial charge in [-0.2, -0.15) is 11.8 Å². The number of hydrogen-bond donors (Lipinski definition) is 3. The summed E-state index contributed by atoms with van der Waals surface area (Å²) < 4.78 is 26.7. The van der Waals surface area contributed by atoms with E-state index in [0.717, 1.165) is 12.2 Å². The van der Waals surface area contributed by atoms with Gasteiger partial charge >= 0.3 is 5.97 Å². The van der Waals surface area contributed by atoms with E-state index in [1.807, 2.05) is 13.2 Å². The number of rotatable bonds is 7. The molecule has 3 N–H and O–H groups in total. The van der Waals surface area contributed by atoms with Crippen LogP contribution in [0.25, 0.3) is 21.8 Å². The Morgan fingerprint density at radius 1 is 1.24 bits per heavy atom. The molecule has 0 aliphatic carbocycles. The van der Waals surface area contributed by atoms with Crippen molar-refractivity contribution in [3.63, 3.8) is 0 Å². The van der Waals surface area contributed by atoms with Crippen LogP contribution in [0.2, 0.25) is 0 Å². The third kappa shape index (κ3) is 5.40. The predicted molar refractivity (Wildman–Crippen MR) is 117 cm³/mol. The van der Waals surface area contributed by atoms with Crippen molar-refractivity contribution in [1.82, 2.24) is 14.3 Å². The summed E-state index contributed by atoms with van der Waals surface area (Å²) in [4.78, 5) is 27.4. The van der Waals surface area contributed by atoms with Crippen molar-refractivity contribution in [3.8, 4) is 0 Å². The molecule has 158 valence electrons. The Balaban J connectivity index is 0.000000438. The van der Waals surface area contributed by atoms with Crippen molar-refractivity contribution in [2.45, 2.75) is 24.7 Å². The summed E-state index contributed by atoms with van der Waals surface area (Å²) in [7, 11) is -1.97. The maximum atomic E-state index is 12.7. The van der Waals surface area contributed by atoms with Gasteiger partial charge in [-0.25, -0.2) is 12.7 Å². The molecule has 0 aliphatic heterocycles. The highest BCUT2D eigenvalue weighted by atomic mass is 32.2. The largest absolute Gasteiger partial charge is 0.481 e. The summed E-state index contributed by atoms with van der Waals surface area (Å²) in [6.45, 7) is 2.29. The number of fused-ring (bicyclic) bond motifs is 3. The van der Waals surface area contributed by atoms with E-state index in [9.17, 15) is 18.0 Å². The Morgan fingerprint density at radius 2 is 1.97 bits per heavy atom. The van der Waals surface area contributed by atoms with Gasteiger partial charge in [-0.15, -0.1) is 0 Å². The van der Waals surface area contributed by atoms with E-state index in [0.29, 0.717) is 34.8 Å². The SMILES string of the molecule is CCCC(=O)O.CSCCN(C)S(=O)(=O)c1ccc2[nH]c(=O)c3[nH]ccc3c2c1. The fraction of sp³-hybridized carbons (Fsp3) is 0.368. The van der Waals surface area contributed by atoms with Crippen LogP contribution in [0.1, 0.15) is 19.8 Å². The zero-order chi connectivity index (χ0) is 21.6. The van der Waals surface area contributed by atoms with Crippen LogP contribution in [0.4, 0.5) is 0 Å². The van der Waals surface area contributed by atoms with Gasteiger partial charge in [0.15, 0.2) is 0 Å². The van der Waals surface area contributed by atoms with Crippen molar-refractivity contribution < 1.29 is 18.3 Å². The molecule has 0 radical (unpaired) electrons. The second-order valence-corrected chi connectivity index (χ2v) is 9.42. The number of carboxylic acid groups (broad SMARTS) is 1. The molecule has 3 aromatic rings. The molecule has 8 nitrogen and oxygen atoms in total. The minimum atomic E-state index is -3.55. The van der Waals surface area contributed by atoms with Crippen LogP contribution in [0, 0.1) is 0 Å². The molecule has 2 aromatic heterocycles. The first-order valence-corrected chi connectivity index (χ1v) is 11.9. The number of H-pyrrole nitrogens is 2. The maximum Gasteiger partial charge on any atom is 0.303 e. The lowest BCUT2D eigenvalue weighted by atomic mass is 10.1. The summed E-state index contributed by atoms with van der Waals surface area (Å²) in [6.07, 6.45) is 4.63. The van der Waals surface area contributed by atoms with E-state index in [2.05, 4.69) is 9.97 Å². The quantitative estimate of drug-likeness (QED) is 0.520. The topological polar surface area (TPSA) is 123 Å². The highest BCUT2D eigenvalue weighted by molar-refractivity contribution is 7.98. The Labute approximate surface area is 173 Å². The molecular formula is C19H25N3O5S2. The molecular weight excluding hydrogens is 414 g/mol. The van der Waals surface area contributed by atoms with E-state index in [4.69, 9.17) is 5.11 Å². The first-order chi connectivity index (χ1) is 13.7. The van der Waals surface area contributed by atoms with Crippen LogP contribution in [-0.2, 0) is 14.8 Å². The van der Waals surface area contributed by atoms with Crippen molar-refractivity contribution in [2.24, 2.45) is 0 Å². The molecule has 0 amide bonds. The molecule has 0 unspecified atom stereocenters. The fourth-order valence-electron chi connectivity index (χ4n) is 2.72. The van der Waals surface area contributed by atoms with E-state index in [-0.39, 0.29) is 10.5 Å². The number of carbonyl (C=O) groups is 1. The molecule has 1 aromatic carbocycles. The highest BCUT2D eigenvalue weighted by Crippen LogP contribution is 2.25. The lowest BCUT2D eigenvalue weighted by Crippen LogP contribution is -2.29. The average molecular weight is 440 g/mol. The number of pyridine rings is 1. The zero-order valence-corrected chi connectivity index (χ0v) is 18.2. The molecule has 0 fully saturated rings. The highest BCUT2D eigenvalue weighted by Gasteiger charge is 2.21. The molecule has 0 bridgehead atoms. The summed E-state index contributed by atoms with van der Waals surface area (Å²) in [5.74, 6) is 0.0242. The van der Waals surface area contributed by atoms with E-state index < -0.39 is 16.0 Å². The van der Waals surface area contributed by atoms with Gasteiger partial charge in [0.05, 0.1) is 4.90 Å². The van der Waals surface area contributed by atoms with Crippen LogP contribution in [0.15, 0.2) is 40.2 Å². The van der Waals surface area contributed by atoms with E-state index >= 15 is 0 Å². The molecule has 0 saturated heterocycles.